The molecule has 9 nitrogen and oxygen atoms in total. The van der Waals surface area contributed by atoms with Gasteiger partial charge in [0.25, 0.3) is 10.0 Å². The average molecular weight is 426 g/mol. The number of anilines is 2. The van der Waals surface area contributed by atoms with Crippen molar-refractivity contribution in [1.82, 2.24) is 0 Å². The van der Waals surface area contributed by atoms with Gasteiger partial charge in [0.15, 0.2) is 0 Å². The molecule has 3 rings (SSSR count). The summed E-state index contributed by atoms with van der Waals surface area (Å²) in [5.41, 5.74) is 0.525. The minimum atomic E-state index is -4.04. The second kappa shape index (κ2) is 7.32. The van der Waals surface area contributed by atoms with Crippen LogP contribution in [-0.2, 0) is 29.6 Å². The first-order valence-electron chi connectivity index (χ1n) is 8.06. The summed E-state index contributed by atoms with van der Waals surface area (Å²) in [6.45, 7) is -0.255. The van der Waals surface area contributed by atoms with Crippen molar-refractivity contribution in [2.75, 3.05) is 28.9 Å². The Bertz CT molecular complexity index is 1100. The van der Waals surface area contributed by atoms with Crippen molar-refractivity contribution < 1.29 is 31.1 Å². The number of esters is 1. The van der Waals surface area contributed by atoms with Crippen molar-refractivity contribution in [2.24, 2.45) is 0 Å². The third-order valence-electron chi connectivity index (χ3n) is 3.94. The van der Waals surface area contributed by atoms with Crippen LogP contribution in [0.25, 0.3) is 0 Å². The summed E-state index contributed by atoms with van der Waals surface area (Å²) in [6.07, 6.45) is -0.115. The van der Waals surface area contributed by atoms with Gasteiger partial charge in [0.05, 0.1) is 30.5 Å². The minimum absolute atomic E-state index is 0.0631. The van der Waals surface area contributed by atoms with Gasteiger partial charge in [-0.1, -0.05) is 12.1 Å². The normalized spacial score (nSPS) is 16.6. The fourth-order valence-corrected chi connectivity index (χ4v) is 4.76. The Balaban J connectivity index is 1.99. The number of hydrogen-bond donors (Lipinski definition) is 1. The number of sulfonamides is 2. The highest BCUT2D eigenvalue weighted by Crippen LogP contribution is 2.37. The van der Waals surface area contributed by atoms with E-state index in [0.29, 0.717) is 5.69 Å². The summed E-state index contributed by atoms with van der Waals surface area (Å²) in [7, 11) is -6.33. The molecular formula is C17H18N2O7S2. The SMILES string of the molecule is COC(=O)C1CN(S(=O)(=O)c2ccc(NS(C)(=O)=O)cc2)c2ccccc2O1. The molecule has 28 heavy (non-hydrogen) atoms. The standard InChI is InChI=1S/C17H18N2O7S2/c1-25-17(20)16-11-19(14-5-3-4-6-15(14)26-16)28(23,24)13-9-7-12(8-10-13)18-27(2,21)22/h3-10,16,18H,11H2,1-2H3. The Hall–Kier alpha value is -2.79. The molecule has 150 valence electrons. The molecule has 0 aliphatic carbocycles. The van der Waals surface area contributed by atoms with Crippen LogP contribution in [0.1, 0.15) is 0 Å². The summed E-state index contributed by atoms with van der Waals surface area (Å²) < 4.78 is 62.6. The van der Waals surface area contributed by atoms with Crippen LogP contribution in [0.3, 0.4) is 0 Å². The van der Waals surface area contributed by atoms with Gasteiger partial charge in [-0.25, -0.2) is 21.6 Å². The molecule has 0 aromatic heterocycles. The number of ether oxygens (including phenoxy) is 2. The lowest BCUT2D eigenvalue weighted by molar-refractivity contribution is -0.148. The second-order valence-electron chi connectivity index (χ2n) is 6.03. The Morgan fingerprint density at radius 3 is 2.36 bits per heavy atom. The summed E-state index contributed by atoms with van der Waals surface area (Å²) in [5.74, 6) is -0.453. The molecule has 0 bridgehead atoms. The van der Waals surface area contributed by atoms with Crippen LogP contribution < -0.4 is 13.8 Å². The molecule has 2 aromatic carbocycles. The Kier molecular flexibility index (Phi) is 5.22. The summed E-state index contributed by atoms with van der Waals surface area (Å²) >= 11 is 0. The van der Waals surface area contributed by atoms with Crippen LogP contribution in [0.15, 0.2) is 53.4 Å². The highest BCUT2D eigenvalue weighted by atomic mass is 32.2. The zero-order valence-electron chi connectivity index (χ0n) is 15.0. The molecule has 0 spiro atoms. The van der Waals surface area contributed by atoms with Crippen LogP contribution in [0, 0.1) is 0 Å². The fourth-order valence-electron chi connectivity index (χ4n) is 2.72. The first-order valence-corrected chi connectivity index (χ1v) is 11.4. The lowest BCUT2D eigenvalue weighted by atomic mass is 10.2. The van der Waals surface area contributed by atoms with E-state index in [1.54, 1.807) is 24.3 Å². The molecule has 0 saturated heterocycles. The van der Waals surface area contributed by atoms with Crippen molar-refractivity contribution in [2.45, 2.75) is 11.0 Å². The monoisotopic (exact) mass is 426 g/mol. The van der Waals surface area contributed by atoms with E-state index in [-0.39, 0.29) is 22.9 Å². The fraction of sp³-hybridized carbons (Fsp3) is 0.235. The first-order chi connectivity index (χ1) is 13.1. The highest BCUT2D eigenvalue weighted by Gasteiger charge is 2.37. The summed E-state index contributed by atoms with van der Waals surface area (Å²) in [4.78, 5) is 11.9. The van der Waals surface area contributed by atoms with Gasteiger partial charge in [-0.05, 0) is 36.4 Å². The van der Waals surface area contributed by atoms with Gasteiger partial charge in [-0.3, -0.25) is 9.03 Å². The van der Waals surface area contributed by atoms with Gasteiger partial charge in [0, 0.05) is 5.69 Å². The third kappa shape index (κ3) is 4.04. The van der Waals surface area contributed by atoms with E-state index in [1.165, 1.54) is 31.4 Å². The molecule has 0 saturated carbocycles. The van der Waals surface area contributed by atoms with Crippen LogP contribution in [0.4, 0.5) is 11.4 Å². The van der Waals surface area contributed by atoms with Crippen LogP contribution in [-0.4, -0.2) is 48.8 Å². The zero-order chi connectivity index (χ0) is 20.5. The summed E-state index contributed by atoms with van der Waals surface area (Å²) in [6, 6.07) is 11.7. The Morgan fingerprint density at radius 2 is 1.75 bits per heavy atom. The lowest BCUT2D eigenvalue weighted by Crippen LogP contribution is -2.47. The van der Waals surface area contributed by atoms with E-state index in [0.717, 1.165) is 10.6 Å². The van der Waals surface area contributed by atoms with E-state index in [2.05, 4.69) is 9.46 Å². The molecule has 0 amide bonds. The van der Waals surface area contributed by atoms with Gasteiger partial charge in [0.1, 0.15) is 5.75 Å². The maximum absolute atomic E-state index is 13.2. The smallest absolute Gasteiger partial charge is 0.348 e. The zero-order valence-corrected chi connectivity index (χ0v) is 16.7. The minimum Gasteiger partial charge on any atom is -0.475 e. The molecule has 1 unspecified atom stereocenters. The van der Waals surface area contributed by atoms with Gasteiger partial charge in [-0.2, -0.15) is 0 Å². The predicted octanol–water partition coefficient (Wildman–Crippen LogP) is 1.19. The van der Waals surface area contributed by atoms with Crippen molar-refractivity contribution in [3.05, 3.63) is 48.5 Å². The van der Waals surface area contributed by atoms with Gasteiger partial charge in [0.2, 0.25) is 16.1 Å². The number of methoxy groups -OCH3 is 1. The highest BCUT2D eigenvalue weighted by molar-refractivity contribution is 7.93. The van der Waals surface area contributed by atoms with Crippen LogP contribution in [0.2, 0.25) is 0 Å². The Morgan fingerprint density at radius 1 is 1.11 bits per heavy atom. The quantitative estimate of drug-likeness (QED) is 0.713. The van der Waals surface area contributed by atoms with Gasteiger partial charge < -0.3 is 9.47 Å². The second-order valence-corrected chi connectivity index (χ2v) is 9.64. The average Bonchev–Trinajstić information content (AvgIpc) is 2.65. The predicted molar refractivity (Wildman–Crippen MR) is 102 cm³/mol. The lowest BCUT2D eigenvalue weighted by Gasteiger charge is -2.34. The molecule has 1 heterocycles. The van der Waals surface area contributed by atoms with E-state index in [4.69, 9.17) is 4.74 Å². The Labute approximate surface area is 163 Å². The molecule has 11 heteroatoms. The first kappa shape index (κ1) is 20.0. The molecular weight excluding hydrogens is 408 g/mol. The number of para-hydroxylation sites is 2. The molecule has 1 aliphatic rings. The van der Waals surface area contributed by atoms with Gasteiger partial charge in [-0.15, -0.1) is 0 Å². The number of hydrogen-bond acceptors (Lipinski definition) is 7. The van der Waals surface area contributed by atoms with Crippen molar-refractivity contribution in [3.8, 4) is 5.75 Å². The van der Waals surface area contributed by atoms with E-state index < -0.39 is 32.1 Å². The van der Waals surface area contributed by atoms with Gasteiger partial charge >= 0.3 is 5.97 Å². The van der Waals surface area contributed by atoms with Crippen LogP contribution in [0.5, 0.6) is 5.75 Å². The topological polar surface area (TPSA) is 119 Å². The summed E-state index contributed by atoms with van der Waals surface area (Å²) in [5, 5.41) is 0. The molecule has 1 N–H and O–H groups in total. The number of nitrogens with one attached hydrogen (secondary N) is 1. The number of carbonyl (C=O) groups is 1. The number of carbonyl (C=O) groups excluding carboxylic acids is 1. The third-order valence-corrected chi connectivity index (χ3v) is 6.34. The van der Waals surface area contributed by atoms with E-state index in [1.807, 2.05) is 0 Å². The number of fused-ring (bicyclic) bond motifs is 1. The molecule has 2 aromatic rings. The molecule has 0 radical (unpaired) electrons. The van der Waals surface area contributed by atoms with Crippen LogP contribution >= 0.6 is 0 Å². The maximum Gasteiger partial charge on any atom is 0.348 e. The van der Waals surface area contributed by atoms with E-state index >= 15 is 0 Å². The van der Waals surface area contributed by atoms with E-state index in [9.17, 15) is 21.6 Å². The van der Waals surface area contributed by atoms with Crippen molar-refractivity contribution in [1.29, 1.82) is 0 Å². The molecule has 1 aliphatic heterocycles. The molecule has 1 atom stereocenters. The number of rotatable bonds is 5. The number of benzene rings is 2. The van der Waals surface area contributed by atoms with Crippen molar-refractivity contribution >= 4 is 37.4 Å². The van der Waals surface area contributed by atoms with Crippen molar-refractivity contribution in [3.63, 3.8) is 0 Å². The largest absolute Gasteiger partial charge is 0.475 e. The number of nitrogens with zero attached hydrogens (tertiary/aromatic N) is 1. The maximum atomic E-state index is 13.2. The molecule has 0 fully saturated rings.